The molecule has 1 aromatic heterocycles. The number of para-hydroxylation sites is 1. The number of hydrogen-bond donors (Lipinski definition) is 0. The average Bonchev–Trinajstić information content (AvgIpc) is 3.91. The van der Waals surface area contributed by atoms with E-state index in [9.17, 15) is 0 Å². The van der Waals surface area contributed by atoms with Crippen molar-refractivity contribution < 1.29 is 4.42 Å². The van der Waals surface area contributed by atoms with E-state index in [-0.39, 0.29) is 10.8 Å². The number of hydrogen-bond acceptors (Lipinski definition) is 1. The van der Waals surface area contributed by atoms with E-state index in [2.05, 4.69) is 222 Å². The minimum Gasteiger partial charge on any atom is -0.456 e. The average molecular weight is 829 g/mol. The lowest BCUT2D eigenvalue weighted by molar-refractivity contribution is 0.660. The predicted octanol–water partition coefficient (Wildman–Crippen LogP) is 17.8. The summed E-state index contributed by atoms with van der Waals surface area (Å²) in [7, 11) is 0. The second kappa shape index (κ2) is 12.9. The summed E-state index contributed by atoms with van der Waals surface area (Å²) in [6.45, 7) is 9.56. The van der Waals surface area contributed by atoms with Crippen molar-refractivity contribution in [3.8, 4) is 55.6 Å². The van der Waals surface area contributed by atoms with E-state index in [1.54, 1.807) is 0 Å². The molecule has 11 aromatic carbocycles. The topological polar surface area (TPSA) is 13.1 Å². The maximum Gasteiger partial charge on any atom is 0.136 e. The molecule has 65 heavy (non-hydrogen) atoms. The Labute approximate surface area is 378 Å². The second-order valence-corrected chi connectivity index (χ2v) is 19.6. The standard InChI is InChI=1S/C64H44O/c1-63(2)54-30-26-41(60-45-17-7-9-19-47(45)61(48-20-10-8-18-46(48)60)44-22-13-15-37-14-5-6-16-42(37)44)34-51(54)43-28-24-39(35-56(43)63)38-25-29-55-52(32-38)53-33-40-27-31-59-62(49-21-11-12-23-58(49)65-59)50(40)36-57(53)64(55,3)4/h5-36H,1-4H3. The van der Waals surface area contributed by atoms with Crippen molar-refractivity contribution >= 4 is 65.0 Å². The smallest absolute Gasteiger partial charge is 0.136 e. The van der Waals surface area contributed by atoms with Crippen LogP contribution in [0.3, 0.4) is 0 Å². The predicted molar refractivity (Wildman–Crippen MR) is 275 cm³/mol. The van der Waals surface area contributed by atoms with Crippen LogP contribution in [0, 0.1) is 0 Å². The Kier molecular flexibility index (Phi) is 7.30. The first kappa shape index (κ1) is 36.7. The molecular formula is C64H44O. The Morgan fingerprint density at radius 3 is 1.57 bits per heavy atom. The van der Waals surface area contributed by atoms with Crippen molar-refractivity contribution in [3.63, 3.8) is 0 Å². The molecule has 0 spiro atoms. The van der Waals surface area contributed by atoms with E-state index in [0.717, 1.165) is 11.2 Å². The molecule has 0 unspecified atom stereocenters. The van der Waals surface area contributed by atoms with Crippen LogP contribution < -0.4 is 0 Å². The fourth-order valence-electron chi connectivity index (χ4n) is 12.2. The number of benzene rings is 11. The van der Waals surface area contributed by atoms with Gasteiger partial charge in [-0.1, -0.05) is 179 Å². The van der Waals surface area contributed by atoms with Gasteiger partial charge in [-0.2, -0.15) is 0 Å². The monoisotopic (exact) mass is 828 g/mol. The lowest BCUT2D eigenvalue weighted by Crippen LogP contribution is -2.15. The molecule has 0 bridgehead atoms. The third kappa shape index (κ3) is 4.99. The molecule has 0 amide bonds. The van der Waals surface area contributed by atoms with Crippen LogP contribution in [0.15, 0.2) is 199 Å². The summed E-state index contributed by atoms with van der Waals surface area (Å²) in [6, 6.07) is 72.9. The molecule has 2 aliphatic carbocycles. The molecule has 1 nitrogen and oxygen atoms in total. The third-order valence-corrected chi connectivity index (χ3v) is 15.4. The minimum atomic E-state index is -0.158. The van der Waals surface area contributed by atoms with Crippen molar-refractivity contribution in [1.29, 1.82) is 0 Å². The van der Waals surface area contributed by atoms with E-state index in [1.165, 1.54) is 132 Å². The molecule has 2 aliphatic rings. The van der Waals surface area contributed by atoms with Gasteiger partial charge in [-0.15, -0.1) is 0 Å². The summed E-state index contributed by atoms with van der Waals surface area (Å²) in [4.78, 5) is 0. The lowest BCUT2D eigenvalue weighted by Gasteiger charge is -2.23. The SMILES string of the molecule is CC1(C)c2ccc(-c3c4ccccc4c(-c4cccc5ccccc45)c4ccccc34)cc2-c2ccc(-c3ccc4c(c3)-c3cc5ccc6oc7ccccc7c6c5cc3C4(C)C)cc21. The van der Waals surface area contributed by atoms with Crippen molar-refractivity contribution in [2.75, 3.05) is 0 Å². The summed E-state index contributed by atoms with van der Waals surface area (Å²) in [5.74, 6) is 0. The van der Waals surface area contributed by atoms with Crippen molar-refractivity contribution in [3.05, 3.63) is 216 Å². The summed E-state index contributed by atoms with van der Waals surface area (Å²) in [5, 5.41) is 12.5. The van der Waals surface area contributed by atoms with Gasteiger partial charge in [0.2, 0.25) is 0 Å². The van der Waals surface area contributed by atoms with Crippen molar-refractivity contribution in [1.82, 2.24) is 0 Å². The molecule has 14 rings (SSSR count). The zero-order valence-corrected chi connectivity index (χ0v) is 36.9. The van der Waals surface area contributed by atoms with Gasteiger partial charge in [0.25, 0.3) is 0 Å². The summed E-state index contributed by atoms with van der Waals surface area (Å²) < 4.78 is 6.31. The summed E-state index contributed by atoms with van der Waals surface area (Å²) in [6.07, 6.45) is 0. The van der Waals surface area contributed by atoms with Gasteiger partial charge in [0.05, 0.1) is 0 Å². The van der Waals surface area contributed by atoms with Gasteiger partial charge >= 0.3 is 0 Å². The van der Waals surface area contributed by atoms with Gasteiger partial charge in [-0.05, 0) is 163 Å². The highest BCUT2D eigenvalue weighted by Gasteiger charge is 2.38. The lowest BCUT2D eigenvalue weighted by atomic mass is 9.80. The quantitative estimate of drug-likeness (QED) is 0.162. The fraction of sp³-hybridized carbons (Fsp3) is 0.0938. The molecule has 0 saturated heterocycles. The molecule has 0 fully saturated rings. The van der Waals surface area contributed by atoms with E-state index in [0.29, 0.717) is 0 Å². The van der Waals surface area contributed by atoms with Crippen LogP contribution >= 0.6 is 0 Å². The minimum absolute atomic E-state index is 0.134. The van der Waals surface area contributed by atoms with Gasteiger partial charge in [0, 0.05) is 21.6 Å². The van der Waals surface area contributed by atoms with Gasteiger partial charge in [0.15, 0.2) is 0 Å². The van der Waals surface area contributed by atoms with Gasteiger partial charge in [0.1, 0.15) is 11.2 Å². The zero-order chi connectivity index (χ0) is 43.3. The zero-order valence-electron chi connectivity index (χ0n) is 36.9. The molecular weight excluding hydrogens is 785 g/mol. The number of fused-ring (bicyclic) bond motifs is 14. The Morgan fingerprint density at radius 2 is 0.831 bits per heavy atom. The van der Waals surface area contributed by atoms with Crippen LogP contribution in [-0.4, -0.2) is 0 Å². The molecule has 12 aromatic rings. The molecule has 0 atom stereocenters. The van der Waals surface area contributed by atoms with E-state index in [4.69, 9.17) is 4.42 Å². The second-order valence-electron chi connectivity index (χ2n) is 19.6. The highest BCUT2D eigenvalue weighted by Crippen LogP contribution is 2.55. The molecule has 0 aliphatic heterocycles. The number of rotatable bonds is 3. The maximum atomic E-state index is 6.31. The molecule has 0 N–H and O–H groups in total. The first-order valence-corrected chi connectivity index (χ1v) is 23.0. The van der Waals surface area contributed by atoms with Crippen molar-refractivity contribution in [2.45, 2.75) is 38.5 Å². The molecule has 1 heterocycles. The van der Waals surface area contributed by atoms with E-state index < -0.39 is 0 Å². The molecule has 1 heteroatoms. The molecule has 0 radical (unpaired) electrons. The Bertz CT molecular complexity index is 4000. The number of furan rings is 1. The highest BCUT2D eigenvalue weighted by molar-refractivity contribution is 6.24. The van der Waals surface area contributed by atoms with Crippen LogP contribution in [0.4, 0.5) is 0 Å². The Balaban J connectivity index is 0.895. The first-order valence-electron chi connectivity index (χ1n) is 23.0. The summed E-state index contributed by atoms with van der Waals surface area (Å²) in [5.41, 5.74) is 20.1. The largest absolute Gasteiger partial charge is 0.456 e. The summed E-state index contributed by atoms with van der Waals surface area (Å²) >= 11 is 0. The Morgan fingerprint density at radius 1 is 0.292 bits per heavy atom. The fourth-order valence-corrected chi connectivity index (χ4v) is 12.2. The molecule has 306 valence electrons. The van der Waals surface area contributed by atoms with Gasteiger partial charge in [-0.25, -0.2) is 0 Å². The van der Waals surface area contributed by atoms with Crippen LogP contribution in [0.25, 0.3) is 121 Å². The van der Waals surface area contributed by atoms with Crippen LogP contribution in [-0.2, 0) is 10.8 Å². The van der Waals surface area contributed by atoms with Crippen LogP contribution in [0.5, 0.6) is 0 Å². The van der Waals surface area contributed by atoms with Crippen LogP contribution in [0.1, 0.15) is 49.9 Å². The first-order chi connectivity index (χ1) is 31.7. The van der Waals surface area contributed by atoms with Gasteiger partial charge in [-0.3, -0.25) is 0 Å². The van der Waals surface area contributed by atoms with E-state index >= 15 is 0 Å². The highest BCUT2D eigenvalue weighted by atomic mass is 16.3. The van der Waals surface area contributed by atoms with Crippen molar-refractivity contribution in [2.24, 2.45) is 0 Å². The van der Waals surface area contributed by atoms with Gasteiger partial charge < -0.3 is 4.42 Å². The normalized spacial score (nSPS) is 14.4. The molecule has 0 saturated carbocycles. The van der Waals surface area contributed by atoms with E-state index in [1.807, 2.05) is 0 Å². The third-order valence-electron chi connectivity index (χ3n) is 15.4. The maximum absolute atomic E-state index is 6.31. The van der Waals surface area contributed by atoms with Crippen LogP contribution in [0.2, 0.25) is 0 Å². The Hall–Kier alpha value is -7.74.